The summed E-state index contributed by atoms with van der Waals surface area (Å²) in [4.78, 5) is 12.4. The van der Waals surface area contributed by atoms with Gasteiger partial charge in [-0.3, -0.25) is 4.79 Å². The summed E-state index contributed by atoms with van der Waals surface area (Å²) in [6, 6.07) is 6.47. The average Bonchev–Trinajstić information content (AvgIpc) is 2.82. The zero-order valence-corrected chi connectivity index (χ0v) is 12.0. The van der Waals surface area contributed by atoms with Crippen LogP contribution in [0.4, 0.5) is 0 Å². The van der Waals surface area contributed by atoms with Crippen LogP contribution >= 0.6 is 0 Å². The largest absolute Gasteiger partial charge is 0.379 e. The van der Waals surface area contributed by atoms with Crippen molar-refractivity contribution < 1.29 is 9.53 Å². The Kier molecular flexibility index (Phi) is 4.72. The predicted molar refractivity (Wildman–Crippen MR) is 76.4 cm³/mol. The summed E-state index contributed by atoms with van der Waals surface area (Å²) in [7, 11) is 0. The summed E-state index contributed by atoms with van der Waals surface area (Å²) in [5, 5.41) is 3.34. The first-order valence-electron chi connectivity index (χ1n) is 7.01. The minimum absolute atomic E-state index is 0.000128. The Morgan fingerprint density at radius 1 is 1.37 bits per heavy atom. The van der Waals surface area contributed by atoms with Crippen molar-refractivity contribution in [1.82, 2.24) is 5.32 Å². The van der Waals surface area contributed by atoms with Crippen LogP contribution in [0.2, 0.25) is 0 Å². The Labute approximate surface area is 115 Å². The van der Waals surface area contributed by atoms with E-state index in [-0.39, 0.29) is 17.7 Å². The monoisotopic (exact) mass is 261 g/mol. The maximum atomic E-state index is 12.4. The van der Waals surface area contributed by atoms with Crippen LogP contribution in [0.25, 0.3) is 0 Å². The molecule has 1 saturated heterocycles. The number of ether oxygens (including phenoxy) is 1. The first-order valence-corrected chi connectivity index (χ1v) is 7.01. The first-order chi connectivity index (χ1) is 9.11. The van der Waals surface area contributed by atoms with Gasteiger partial charge in [-0.05, 0) is 31.5 Å². The van der Waals surface area contributed by atoms with Crippen molar-refractivity contribution in [2.45, 2.75) is 33.2 Å². The number of hydrogen-bond donors (Lipinski definition) is 1. The maximum Gasteiger partial charge on any atom is 0.144 e. The molecule has 2 unspecified atom stereocenters. The van der Waals surface area contributed by atoms with E-state index in [1.54, 1.807) is 0 Å². The van der Waals surface area contributed by atoms with Gasteiger partial charge in [-0.2, -0.15) is 0 Å². The summed E-state index contributed by atoms with van der Waals surface area (Å²) < 4.78 is 5.45. The highest BCUT2D eigenvalue weighted by molar-refractivity contribution is 5.84. The van der Waals surface area contributed by atoms with E-state index in [9.17, 15) is 4.79 Å². The topological polar surface area (TPSA) is 38.3 Å². The van der Waals surface area contributed by atoms with E-state index >= 15 is 0 Å². The lowest BCUT2D eigenvalue weighted by atomic mass is 9.91. The zero-order chi connectivity index (χ0) is 13.8. The number of Topliss-reactive ketones (excluding diaryl/α,β-unsaturated/α-hetero) is 1. The van der Waals surface area contributed by atoms with Crippen LogP contribution in [-0.2, 0) is 16.0 Å². The normalized spacial score (nSPS) is 22.7. The smallest absolute Gasteiger partial charge is 0.144 e. The quantitative estimate of drug-likeness (QED) is 0.881. The highest BCUT2D eigenvalue weighted by atomic mass is 16.5. The highest BCUT2D eigenvalue weighted by Gasteiger charge is 2.33. The fourth-order valence-corrected chi connectivity index (χ4v) is 2.64. The Morgan fingerprint density at radius 2 is 2.16 bits per heavy atom. The maximum absolute atomic E-state index is 12.4. The Bertz CT molecular complexity index is 456. The third-order valence-corrected chi connectivity index (χ3v) is 3.83. The number of likely N-dealkylation sites (N-methyl/N-ethyl adjacent to an activating group) is 1. The van der Waals surface area contributed by atoms with Crippen LogP contribution in [0.5, 0.6) is 0 Å². The Hall–Kier alpha value is -1.19. The second-order valence-electron chi connectivity index (χ2n) is 5.38. The lowest BCUT2D eigenvalue weighted by molar-refractivity contribution is -0.122. The second kappa shape index (κ2) is 6.31. The molecule has 3 nitrogen and oxygen atoms in total. The van der Waals surface area contributed by atoms with E-state index in [1.807, 2.05) is 0 Å². The van der Waals surface area contributed by atoms with Crippen molar-refractivity contribution in [1.29, 1.82) is 0 Å². The molecule has 104 valence electrons. The van der Waals surface area contributed by atoms with Crippen molar-refractivity contribution in [3.63, 3.8) is 0 Å². The van der Waals surface area contributed by atoms with E-state index in [0.29, 0.717) is 19.6 Å². The summed E-state index contributed by atoms with van der Waals surface area (Å²) >= 11 is 0. The molecule has 1 heterocycles. The van der Waals surface area contributed by atoms with Gasteiger partial charge in [-0.15, -0.1) is 0 Å². The number of ketones is 1. The van der Waals surface area contributed by atoms with Crippen LogP contribution in [0, 0.1) is 19.8 Å². The van der Waals surface area contributed by atoms with Gasteiger partial charge in [0.05, 0.1) is 19.1 Å². The third-order valence-electron chi connectivity index (χ3n) is 3.83. The second-order valence-corrected chi connectivity index (χ2v) is 5.38. The Morgan fingerprint density at radius 3 is 2.89 bits per heavy atom. The lowest BCUT2D eigenvalue weighted by Crippen LogP contribution is -2.39. The zero-order valence-electron chi connectivity index (χ0n) is 12.0. The number of carbonyl (C=O) groups is 1. The summed E-state index contributed by atoms with van der Waals surface area (Å²) in [6.45, 7) is 8.27. The van der Waals surface area contributed by atoms with E-state index in [0.717, 1.165) is 12.1 Å². The summed E-state index contributed by atoms with van der Waals surface area (Å²) in [5.74, 6) is 0.289. The van der Waals surface area contributed by atoms with Gasteiger partial charge in [-0.1, -0.05) is 30.7 Å². The standard InChI is InChI=1S/C16H23NO2/c1-4-17-15-10-19-9-14(15)16(18)8-13-7-11(2)5-6-12(13)3/h5-7,14-15,17H,4,8-10H2,1-3H3. The van der Waals surface area contributed by atoms with E-state index in [1.165, 1.54) is 11.1 Å². The number of nitrogens with one attached hydrogen (secondary N) is 1. The van der Waals surface area contributed by atoms with Crippen molar-refractivity contribution in [2.24, 2.45) is 5.92 Å². The molecule has 0 saturated carbocycles. The summed E-state index contributed by atoms with van der Waals surface area (Å²) in [6.07, 6.45) is 0.517. The van der Waals surface area contributed by atoms with Gasteiger partial charge < -0.3 is 10.1 Å². The third kappa shape index (κ3) is 3.43. The van der Waals surface area contributed by atoms with Crippen LogP contribution in [0.3, 0.4) is 0 Å². The van der Waals surface area contributed by atoms with Gasteiger partial charge in [0.2, 0.25) is 0 Å². The minimum Gasteiger partial charge on any atom is -0.379 e. The van der Waals surface area contributed by atoms with Crippen LogP contribution in [-0.4, -0.2) is 31.6 Å². The molecule has 0 bridgehead atoms. The van der Waals surface area contributed by atoms with Crippen LogP contribution in [0.15, 0.2) is 18.2 Å². The Balaban J connectivity index is 2.06. The number of hydrogen-bond acceptors (Lipinski definition) is 3. The molecule has 0 spiro atoms. The molecule has 0 aliphatic carbocycles. The van der Waals surface area contributed by atoms with Crippen molar-refractivity contribution in [2.75, 3.05) is 19.8 Å². The molecule has 0 amide bonds. The molecule has 1 fully saturated rings. The molecule has 2 rings (SSSR count). The van der Waals surface area contributed by atoms with E-state index in [4.69, 9.17) is 4.74 Å². The van der Waals surface area contributed by atoms with Crippen LogP contribution < -0.4 is 5.32 Å². The first kappa shape index (κ1) is 14.2. The minimum atomic E-state index is -0.000128. The molecule has 0 radical (unpaired) electrons. The molecule has 1 N–H and O–H groups in total. The predicted octanol–water partition coefficient (Wildman–Crippen LogP) is 2.04. The SMILES string of the molecule is CCNC1COCC1C(=O)Cc1cc(C)ccc1C. The molecule has 0 aromatic heterocycles. The van der Waals surface area contributed by atoms with Gasteiger partial charge in [0, 0.05) is 12.5 Å². The van der Waals surface area contributed by atoms with Crippen LogP contribution in [0.1, 0.15) is 23.6 Å². The van der Waals surface area contributed by atoms with Gasteiger partial charge in [0.15, 0.2) is 0 Å². The molecular weight excluding hydrogens is 238 g/mol. The molecular formula is C16H23NO2. The number of carbonyl (C=O) groups excluding carboxylic acids is 1. The fraction of sp³-hybridized carbons (Fsp3) is 0.562. The van der Waals surface area contributed by atoms with Gasteiger partial charge in [0.25, 0.3) is 0 Å². The number of benzene rings is 1. The van der Waals surface area contributed by atoms with Gasteiger partial charge in [-0.25, -0.2) is 0 Å². The van der Waals surface area contributed by atoms with Crippen molar-refractivity contribution in [3.8, 4) is 0 Å². The highest BCUT2D eigenvalue weighted by Crippen LogP contribution is 2.19. The molecule has 1 aromatic carbocycles. The molecule has 19 heavy (non-hydrogen) atoms. The molecule has 3 heteroatoms. The van der Waals surface area contributed by atoms with Crippen molar-refractivity contribution >= 4 is 5.78 Å². The lowest BCUT2D eigenvalue weighted by Gasteiger charge is -2.17. The molecule has 1 aliphatic heterocycles. The molecule has 2 atom stereocenters. The van der Waals surface area contributed by atoms with Crippen molar-refractivity contribution in [3.05, 3.63) is 34.9 Å². The number of rotatable bonds is 5. The summed E-state index contributed by atoms with van der Waals surface area (Å²) in [5.41, 5.74) is 3.55. The molecule has 1 aromatic rings. The average molecular weight is 261 g/mol. The van der Waals surface area contributed by atoms with E-state index < -0.39 is 0 Å². The van der Waals surface area contributed by atoms with Gasteiger partial charge >= 0.3 is 0 Å². The van der Waals surface area contributed by atoms with E-state index in [2.05, 4.69) is 44.3 Å². The van der Waals surface area contributed by atoms with Gasteiger partial charge in [0.1, 0.15) is 5.78 Å². The fourth-order valence-electron chi connectivity index (χ4n) is 2.64. The number of aryl methyl sites for hydroxylation is 2. The molecule has 1 aliphatic rings.